The number of methoxy groups -OCH3 is 1. The Morgan fingerprint density at radius 2 is 1.59 bits per heavy atom. The fourth-order valence-corrected chi connectivity index (χ4v) is 5.43. The van der Waals surface area contributed by atoms with E-state index in [0.717, 1.165) is 4.31 Å². The predicted octanol–water partition coefficient (Wildman–Crippen LogP) is 4.19. The minimum atomic E-state index is -4.06. The fourth-order valence-electron chi connectivity index (χ4n) is 3.63. The van der Waals surface area contributed by atoms with Crippen molar-refractivity contribution in [1.82, 2.24) is 4.31 Å². The van der Waals surface area contributed by atoms with Crippen LogP contribution < -0.4 is 10.1 Å². The second-order valence-corrected chi connectivity index (χ2v) is 9.46. The Labute approximate surface area is 196 Å². The van der Waals surface area contributed by atoms with Gasteiger partial charge in [-0.25, -0.2) is 17.1 Å². The van der Waals surface area contributed by atoms with Crippen LogP contribution in [0.25, 0.3) is 4.91 Å². The van der Waals surface area contributed by atoms with Crippen LogP contribution in [-0.4, -0.2) is 31.6 Å². The van der Waals surface area contributed by atoms with Crippen molar-refractivity contribution in [1.29, 1.82) is 0 Å². The lowest BCUT2D eigenvalue weighted by Crippen LogP contribution is -2.30. The molecule has 0 unspecified atom stereocenters. The standard InChI is InChI=1S/C25H21FN2O5S/c1-16-23(18-7-13-22(33-2)14-8-18)34(31,32)28(25(16)30)15-17-3-5-19(6-4-17)24(29)27-21-11-9-20(26)10-12-21/h3-14H,15H2,1-2H3,(H,27,29). The fraction of sp³-hybridized carbons (Fsp3) is 0.120. The van der Waals surface area contributed by atoms with Crippen molar-refractivity contribution in [2.75, 3.05) is 12.4 Å². The summed E-state index contributed by atoms with van der Waals surface area (Å²) >= 11 is 0. The van der Waals surface area contributed by atoms with Gasteiger partial charge in [-0.3, -0.25) is 9.59 Å². The first-order valence-electron chi connectivity index (χ1n) is 10.3. The molecule has 0 atom stereocenters. The van der Waals surface area contributed by atoms with Gasteiger partial charge in [0.2, 0.25) is 0 Å². The number of halogens is 1. The van der Waals surface area contributed by atoms with Crippen LogP contribution in [0.15, 0.2) is 78.4 Å². The third kappa shape index (κ3) is 4.42. The number of nitrogens with zero attached hydrogens (tertiary/aromatic N) is 1. The van der Waals surface area contributed by atoms with Crippen LogP contribution in [0.2, 0.25) is 0 Å². The van der Waals surface area contributed by atoms with Gasteiger partial charge in [-0.05, 0) is 78.7 Å². The Morgan fingerprint density at radius 1 is 0.971 bits per heavy atom. The second kappa shape index (κ2) is 9.11. The molecule has 0 saturated carbocycles. The molecule has 0 spiro atoms. The Bertz CT molecular complexity index is 1380. The molecular weight excluding hydrogens is 459 g/mol. The van der Waals surface area contributed by atoms with Gasteiger partial charge in [-0.2, -0.15) is 0 Å². The first-order valence-corrected chi connectivity index (χ1v) is 11.7. The molecule has 0 aromatic heterocycles. The molecule has 34 heavy (non-hydrogen) atoms. The average Bonchev–Trinajstić information content (AvgIpc) is 3.00. The maximum atomic E-state index is 13.2. The molecular formula is C25H21FN2O5S. The van der Waals surface area contributed by atoms with Gasteiger partial charge in [0, 0.05) is 16.8 Å². The molecule has 0 radical (unpaired) electrons. The third-order valence-corrected chi connectivity index (χ3v) is 7.37. The van der Waals surface area contributed by atoms with Gasteiger partial charge in [-0.1, -0.05) is 12.1 Å². The number of hydrogen-bond donors (Lipinski definition) is 1. The van der Waals surface area contributed by atoms with Gasteiger partial charge in [0.25, 0.3) is 21.8 Å². The first kappa shape index (κ1) is 23.2. The molecule has 3 aromatic rings. The van der Waals surface area contributed by atoms with Gasteiger partial charge in [-0.15, -0.1) is 0 Å². The lowest BCUT2D eigenvalue weighted by molar-refractivity contribution is -0.122. The van der Waals surface area contributed by atoms with Crippen LogP contribution in [0.3, 0.4) is 0 Å². The number of anilines is 1. The number of sulfonamides is 1. The summed E-state index contributed by atoms with van der Waals surface area (Å²) in [5, 5.41) is 2.65. The van der Waals surface area contributed by atoms with Crippen LogP contribution >= 0.6 is 0 Å². The summed E-state index contributed by atoms with van der Waals surface area (Å²) in [6.45, 7) is 1.32. The van der Waals surface area contributed by atoms with Crippen molar-refractivity contribution in [3.63, 3.8) is 0 Å². The Balaban J connectivity index is 1.50. The van der Waals surface area contributed by atoms with E-state index >= 15 is 0 Å². The minimum Gasteiger partial charge on any atom is -0.497 e. The zero-order valence-electron chi connectivity index (χ0n) is 18.4. The first-order chi connectivity index (χ1) is 16.2. The van der Waals surface area contributed by atoms with E-state index in [1.165, 1.54) is 50.4 Å². The molecule has 1 aliphatic rings. The Kier molecular flexibility index (Phi) is 6.21. The maximum Gasteiger partial charge on any atom is 0.268 e. The SMILES string of the molecule is COc1ccc(C2=C(C)C(=O)N(Cc3ccc(C(=O)Nc4ccc(F)cc4)cc3)S2(=O)=O)cc1. The molecule has 9 heteroatoms. The number of amides is 2. The molecule has 2 amide bonds. The van der Waals surface area contributed by atoms with E-state index in [1.54, 1.807) is 36.4 Å². The quantitative estimate of drug-likeness (QED) is 0.571. The van der Waals surface area contributed by atoms with E-state index < -0.39 is 27.7 Å². The van der Waals surface area contributed by atoms with E-state index in [0.29, 0.717) is 28.1 Å². The van der Waals surface area contributed by atoms with Crippen molar-refractivity contribution in [2.24, 2.45) is 0 Å². The van der Waals surface area contributed by atoms with Gasteiger partial charge in [0.05, 0.1) is 13.7 Å². The number of benzene rings is 3. The molecule has 4 rings (SSSR count). The van der Waals surface area contributed by atoms with Crippen molar-refractivity contribution in [3.05, 3.63) is 101 Å². The van der Waals surface area contributed by atoms with Crippen molar-refractivity contribution < 1.29 is 27.1 Å². The van der Waals surface area contributed by atoms with E-state index in [2.05, 4.69) is 5.32 Å². The molecule has 0 bridgehead atoms. The molecule has 3 aromatic carbocycles. The highest BCUT2D eigenvalue weighted by molar-refractivity contribution is 7.99. The predicted molar refractivity (Wildman–Crippen MR) is 126 cm³/mol. The lowest BCUT2D eigenvalue weighted by atomic mass is 10.1. The molecule has 1 N–H and O–H groups in total. The average molecular weight is 481 g/mol. The number of nitrogens with one attached hydrogen (secondary N) is 1. The van der Waals surface area contributed by atoms with Gasteiger partial charge < -0.3 is 10.1 Å². The van der Waals surface area contributed by atoms with Crippen LogP contribution in [0, 0.1) is 5.82 Å². The highest BCUT2D eigenvalue weighted by Gasteiger charge is 2.42. The highest BCUT2D eigenvalue weighted by Crippen LogP contribution is 2.37. The Morgan fingerprint density at radius 3 is 2.18 bits per heavy atom. The van der Waals surface area contributed by atoms with Gasteiger partial charge in [0.1, 0.15) is 16.5 Å². The minimum absolute atomic E-state index is 0.0320. The monoisotopic (exact) mass is 480 g/mol. The molecule has 1 heterocycles. The number of carbonyl (C=O) groups is 2. The largest absolute Gasteiger partial charge is 0.497 e. The second-order valence-electron chi connectivity index (χ2n) is 7.66. The van der Waals surface area contributed by atoms with Gasteiger partial charge >= 0.3 is 0 Å². The van der Waals surface area contributed by atoms with E-state index in [-0.39, 0.29) is 17.0 Å². The van der Waals surface area contributed by atoms with Crippen molar-refractivity contribution in [3.8, 4) is 5.75 Å². The van der Waals surface area contributed by atoms with Crippen molar-refractivity contribution in [2.45, 2.75) is 13.5 Å². The zero-order chi connectivity index (χ0) is 24.5. The van der Waals surface area contributed by atoms with E-state index in [9.17, 15) is 22.4 Å². The van der Waals surface area contributed by atoms with E-state index in [4.69, 9.17) is 4.74 Å². The topological polar surface area (TPSA) is 92.8 Å². The summed E-state index contributed by atoms with van der Waals surface area (Å²) in [7, 11) is -2.55. The summed E-state index contributed by atoms with van der Waals surface area (Å²) in [6.07, 6.45) is 0. The molecule has 7 nitrogen and oxygen atoms in total. The summed E-state index contributed by atoms with van der Waals surface area (Å²) < 4.78 is 45.4. The molecule has 0 saturated heterocycles. The summed E-state index contributed by atoms with van der Waals surface area (Å²) in [4.78, 5) is 25.2. The van der Waals surface area contributed by atoms with E-state index in [1.807, 2.05) is 0 Å². The molecule has 1 aliphatic heterocycles. The molecule has 174 valence electrons. The van der Waals surface area contributed by atoms with Crippen LogP contribution in [0.4, 0.5) is 10.1 Å². The summed E-state index contributed by atoms with van der Waals surface area (Å²) in [5.41, 5.74) is 1.86. The molecule has 0 fully saturated rings. The number of ether oxygens (including phenoxy) is 1. The van der Waals surface area contributed by atoms with Crippen LogP contribution in [0.5, 0.6) is 5.75 Å². The number of carbonyl (C=O) groups excluding carboxylic acids is 2. The van der Waals surface area contributed by atoms with Crippen molar-refractivity contribution >= 4 is 32.4 Å². The maximum absolute atomic E-state index is 13.2. The van der Waals surface area contributed by atoms with Crippen LogP contribution in [-0.2, 0) is 21.4 Å². The summed E-state index contributed by atoms with van der Waals surface area (Å²) in [5.74, 6) is -0.830. The number of rotatable bonds is 6. The third-order valence-electron chi connectivity index (χ3n) is 5.43. The highest BCUT2D eigenvalue weighted by atomic mass is 32.2. The van der Waals surface area contributed by atoms with Gasteiger partial charge in [0.15, 0.2) is 0 Å². The number of hydrogen-bond acceptors (Lipinski definition) is 5. The molecule has 0 aliphatic carbocycles. The normalized spacial score (nSPS) is 14.9. The lowest BCUT2D eigenvalue weighted by Gasteiger charge is -2.17. The smallest absolute Gasteiger partial charge is 0.268 e. The Hall–Kier alpha value is -3.98. The zero-order valence-corrected chi connectivity index (χ0v) is 19.2. The summed E-state index contributed by atoms with van der Waals surface area (Å²) in [6, 6.07) is 18.1. The van der Waals surface area contributed by atoms with Crippen LogP contribution in [0.1, 0.15) is 28.4 Å².